The van der Waals surface area contributed by atoms with Crippen LogP contribution in [0, 0.1) is 0 Å². The van der Waals surface area contributed by atoms with Crippen LogP contribution in [-0.2, 0) is 19.1 Å². The van der Waals surface area contributed by atoms with Crippen molar-refractivity contribution >= 4 is 11.9 Å². The van der Waals surface area contributed by atoms with Crippen LogP contribution in [0.5, 0.6) is 0 Å². The van der Waals surface area contributed by atoms with E-state index in [2.05, 4.69) is 22.6 Å². The zero-order chi connectivity index (χ0) is 10.7. The molecule has 0 rings (SSSR count). The summed E-state index contributed by atoms with van der Waals surface area (Å²) < 4.78 is 8.13. The lowest BCUT2D eigenvalue weighted by Gasteiger charge is -1.89. The SMILES string of the molecule is C=CC(=O)OC.C=CC(=O)OCO. The fraction of sp³-hybridized carbons (Fsp3) is 0.250. The first kappa shape index (κ1) is 13.9. The van der Waals surface area contributed by atoms with Crippen LogP contribution < -0.4 is 0 Å². The van der Waals surface area contributed by atoms with E-state index in [1.54, 1.807) is 0 Å². The Hall–Kier alpha value is -1.62. The lowest BCUT2D eigenvalue weighted by atomic mass is 10.7. The number of methoxy groups -OCH3 is 1. The molecule has 0 bridgehead atoms. The van der Waals surface area contributed by atoms with Gasteiger partial charge in [0.1, 0.15) is 0 Å². The van der Waals surface area contributed by atoms with Gasteiger partial charge in [-0.05, 0) is 0 Å². The van der Waals surface area contributed by atoms with Crippen LogP contribution in [0.1, 0.15) is 0 Å². The van der Waals surface area contributed by atoms with Gasteiger partial charge in [-0.2, -0.15) is 0 Å². The minimum atomic E-state index is -0.609. The fourth-order valence-corrected chi connectivity index (χ4v) is 0.206. The van der Waals surface area contributed by atoms with Gasteiger partial charge in [-0.25, -0.2) is 9.59 Å². The third-order valence-electron chi connectivity index (χ3n) is 0.741. The molecule has 0 radical (unpaired) electrons. The average Bonchev–Trinajstić information content (AvgIpc) is 2.18. The van der Waals surface area contributed by atoms with Gasteiger partial charge >= 0.3 is 11.9 Å². The average molecular weight is 188 g/mol. The van der Waals surface area contributed by atoms with E-state index in [1.807, 2.05) is 0 Å². The molecule has 1 N–H and O–H groups in total. The van der Waals surface area contributed by atoms with Crippen molar-refractivity contribution in [2.24, 2.45) is 0 Å². The Labute approximate surface area is 76.3 Å². The van der Waals surface area contributed by atoms with Crippen LogP contribution in [0.15, 0.2) is 25.3 Å². The molecule has 0 aromatic rings. The topological polar surface area (TPSA) is 72.8 Å². The summed E-state index contributed by atoms with van der Waals surface area (Å²) in [6, 6.07) is 0. The number of hydrogen-bond acceptors (Lipinski definition) is 5. The van der Waals surface area contributed by atoms with Gasteiger partial charge in [-0.3, -0.25) is 0 Å². The third-order valence-corrected chi connectivity index (χ3v) is 0.741. The van der Waals surface area contributed by atoms with Crippen LogP contribution in [0.3, 0.4) is 0 Å². The van der Waals surface area contributed by atoms with Gasteiger partial charge in [-0.1, -0.05) is 13.2 Å². The summed E-state index contributed by atoms with van der Waals surface area (Å²) in [6.45, 7) is 5.67. The van der Waals surface area contributed by atoms with Crippen molar-refractivity contribution in [3.8, 4) is 0 Å². The highest BCUT2D eigenvalue weighted by Gasteiger charge is 1.87. The fourth-order valence-electron chi connectivity index (χ4n) is 0.206. The zero-order valence-corrected chi connectivity index (χ0v) is 7.36. The molecule has 0 aliphatic rings. The maximum absolute atomic E-state index is 9.91. The first-order valence-corrected chi connectivity index (χ1v) is 3.22. The van der Waals surface area contributed by atoms with E-state index in [4.69, 9.17) is 5.11 Å². The van der Waals surface area contributed by atoms with Crippen molar-refractivity contribution in [1.82, 2.24) is 0 Å². The normalized spacial score (nSPS) is 7.23. The van der Waals surface area contributed by atoms with E-state index in [-0.39, 0.29) is 0 Å². The predicted molar refractivity (Wildman–Crippen MR) is 45.6 cm³/mol. The summed E-state index contributed by atoms with van der Waals surface area (Å²) in [7, 11) is 1.31. The van der Waals surface area contributed by atoms with Gasteiger partial charge < -0.3 is 14.6 Å². The highest BCUT2D eigenvalue weighted by atomic mass is 16.6. The van der Waals surface area contributed by atoms with E-state index in [1.165, 1.54) is 7.11 Å². The summed E-state index contributed by atoms with van der Waals surface area (Å²) >= 11 is 0. The molecule has 0 amide bonds. The number of carbonyl (C=O) groups excluding carboxylic acids is 2. The van der Waals surface area contributed by atoms with Crippen LogP contribution in [0.2, 0.25) is 0 Å². The monoisotopic (exact) mass is 188 g/mol. The smallest absolute Gasteiger partial charge is 0.332 e. The first-order valence-electron chi connectivity index (χ1n) is 3.22. The van der Waals surface area contributed by atoms with E-state index >= 15 is 0 Å². The second-order valence-corrected chi connectivity index (χ2v) is 1.52. The van der Waals surface area contributed by atoms with Crippen molar-refractivity contribution in [3.63, 3.8) is 0 Å². The van der Waals surface area contributed by atoms with Crippen molar-refractivity contribution in [2.45, 2.75) is 0 Å². The molecular weight excluding hydrogens is 176 g/mol. The summed E-state index contributed by atoms with van der Waals surface area (Å²) in [6.07, 6.45) is 2.09. The summed E-state index contributed by atoms with van der Waals surface area (Å²) in [5, 5.41) is 7.88. The number of esters is 2. The van der Waals surface area contributed by atoms with E-state index < -0.39 is 18.7 Å². The molecule has 0 aliphatic heterocycles. The van der Waals surface area contributed by atoms with Gasteiger partial charge in [-0.15, -0.1) is 0 Å². The van der Waals surface area contributed by atoms with Crippen molar-refractivity contribution in [1.29, 1.82) is 0 Å². The Kier molecular flexibility index (Phi) is 11.1. The Morgan fingerprint density at radius 3 is 1.85 bits per heavy atom. The molecule has 0 atom stereocenters. The third kappa shape index (κ3) is 13.4. The maximum Gasteiger partial charge on any atom is 0.332 e. The summed E-state index contributed by atoms with van der Waals surface area (Å²) in [5.74, 6) is -1.00. The van der Waals surface area contributed by atoms with E-state index in [9.17, 15) is 9.59 Å². The number of hydrogen-bond donors (Lipinski definition) is 1. The van der Waals surface area contributed by atoms with Crippen molar-refractivity contribution < 1.29 is 24.2 Å². The molecule has 0 spiro atoms. The molecule has 0 heterocycles. The lowest BCUT2D eigenvalue weighted by molar-refractivity contribution is -0.145. The molecule has 0 fully saturated rings. The molecule has 74 valence electrons. The first-order chi connectivity index (χ1) is 6.12. The van der Waals surface area contributed by atoms with Crippen molar-refractivity contribution in [3.05, 3.63) is 25.3 Å². The largest absolute Gasteiger partial charge is 0.466 e. The van der Waals surface area contributed by atoms with Crippen molar-refractivity contribution in [2.75, 3.05) is 13.9 Å². The number of ether oxygens (including phenoxy) is 2. The molecule has 0 aliphatic carbocycles. The van der Waals surface area contributed by atoms with E-state index in [0.717, 1.165) is 12.2 Å². The minimum Gasteiger partial charge on any atom is -0.466 e. The Morgan fingerprint density at radius 1 is 1.31 bits per heavy atom. The minimum absolute atomic E-state index is 0.394. The second kappa shape index (κ2) is 10.4. The molecule has 0 saturated heterocycles. The lowest BCUT2D eigenvalue weighted by Crippen LogP contribution is -1.99. The van der Waals surface area contributed by atoms with Crippen LogP contribution >= 0.6 is 0 Å². The summed E-state index contributed by atoms with van der Waals surface area (Å²) in [4.78, 5) is 19.8. The molecule has 5 nitrogen and oxygen atoms in total. The quantitative estimate of drug-likeness (QED) is 0.383. The van der Waals surface area contributed by atoms with Gasteiger partial charge in [0.15, 0.2) is 6.79 Å². The predicted octanol–water partition coefficient (Wildman–Crippen LogP) is 0.0108. The highest BCUT2D eigenvalue weighted by molar-refractivity contribution is 5.81. The Bertz CT molecular complexity index is 185. The van der Waals surface area contributed by atoms with Gasteiger partial charge in [0, 0.05) is 12.2 Å². The molecule has 0 aromatic carbocycles. The molecule has 0 unspecified atom stereocenters. The zero-order valence-electron chi connectivity index (χ0n) is 7.36. The standard InChI is InChI=1S/C4H6O3.C4H6O2/c1-2-4(6)7-3-5;1-3-4(5)6-2/h2,5H,1,3H2;3H,1H2,2H3. The molecule has 5 heteroatoms. The number of carbonyl (C=O) groups is 2. The molecule has 0 saturated carbocycles. The van der Waals surface area contributed by atoms with E-state index in [0.29, 0.717) is 0 Å². The van der Waals surface area contributed by atoms with Gasteiger partial charge in [0.2, 0.25) is 0 Å². The highest BCUT2D eigenvalue weighted by Crippen LogP contribution is 1.72. The Morgan fingerprint density at radius 2 is 1.77 bits per heavy atom. The summed E-state index contributed by atoms with van der Waals surface area (Å²) in [5.41, 5.74) is 0. The second-order valence-electron chi connectivity index (χ2n) is 1.52. The maximum atomic E-state index is 9.91. The number of rotatable bonds is 3. The molecule has 13 heavy (non-hydrogen) atoms. The number of aliphatic hydroxyl groups excluding tert-OH is 1. The van der Waals surface area contributed by atoms with Crippen LogP contribution in [0.4, 0.5) is 0 Å². The molecular formula is C8H12O5. The Balaban J connectivity index is 0. The van der Waals surface area contributed by atoms with Gasteiger partial charge in [0.25, 0.3) is 0 Å². The van der Waals surface area contributed by atoms with Crippen LogP contribution in [-0.4, -0.2) is 30.9 Å². The van der Waals surface area contributed by atoms with Crippen LogP contribution in [0.25, 0.3) is 0 Å². The molecule has 0 aromatic heterocycles. The van der Waals surface area contributed by atoms with Gasteiger partial charge in [0.05, 0.1) is 7.11 Å². The number of aliphatic hydroxyl groups is 1.